The van der Waals surface area contributed by atoms with Crippen molar-refractivity contribution in [2.45, 2.75) is 12.5 Å². The largest absolute Gasteiger partial charge is 0.497 e. The molecule has 0 bridgehead atoms. The first-order valence-electron chi connectivity index (χ1n) is 7.02. The minimum absolute atomic E-state index is 0.192. The molecule has 0 saturated carbocycles. The second-order valence-electron chi connectivity index (χ2n) is 5.01. The van der Waals surface area contributed by atoms with E-state index >= 15 is 0 Å². The lowest BCUT2D eigenvalue weighted by Gasteiger charge is -2.15. The Morgan fingerprint density at radius 3 is 2.48 bits per heavy atom. The van der Waals surface area contributed by atoms with Gasteiger partial charge in [0.2, 0.25) is 0 Å². The highest BCUT2D eigenvalue weighted by Crippen LogP contribution is 2.19. The number of hydrogen-bond donors (Lipinski definition) is 3. The molecule has 6 heteroatoms. The van der Waals surface area contributed by atoms with Crippen molar-refractivity contribution in [1.29, 1.82) is 0 Å². The molecule has 23 heavy (non-hydrogen) atoms. The topological polar surface area (TPSA) is 102 Å². The molecular formula is C17H18N2O4. The zero-order valence-corrected chi connectivity index (χ0v) is 12.7. The minimum atomic E-state index is -1.10. The second kappa shape index (κ2) is 7.31. The number of methoxy groups -OCH3 is 1. The summed E-state index contributed by atoms with van der Waals surface area (Å²) in [7, 11) is 1.49. The molecule has 4 N–H and O–H groups in total. The van der Waals surface area contributed by atoms with Crippen molar-refractivity contribution in [1.82, 2.24) is 5.32 Å². The third-order valence-corrected chi connectivity index (χ3v) is 3.39. The molecule has 0 heterocycles. The van der Waals surface area contributed by atoms with Crippen LogP contribution in [-0.4, -0.2) is 30.1 Å². The van der Waals surface area contributed by atoms with E-state index in [1.54, 1.807) is 6.07 Å². The van der Waals surface area contributed by atoms with Crippen LogP contribution in [0.25, 0.3) is 0 Å². The Kier molecular flexibility index (Phi) is 5.19. The van der Waals surface area contributed by atoms with Crippen LogP contribution in [0.2, 0.25) is 0 Å². The molecule has 2 aromatic rings. The highest BCUT2D eigenvalue weighted by molar-refractivity contribution is 6.01. The molecule has 0 aromatic heterocycles. The molecule has 2 aromatic carbocycles. The van der Waals surface area contributed by atoms with Gasteiger partial charge in [0, 0.05) is 18.2 Å². The predicted octanol–water partition coefficient (Wildman–Crippen LogP) is 1.70. The average Bonchev–Trinajstić information content (AvgIpc) is 2.54. The van der Waals surface area contributed by atoms with Gasteiger partial charge in [0.1, 0.15) is 11.8 Å². The van der Waals surface area contributed by atoms with Gasteiger partial charge in [-0.1, -0.05) is 30.3 Å². The molecule has 0 saturated heterocycles. The van der Waals surface area contributed by atoms with Crippen molar-refractivity contribution in [3.8, 4) is 5.75 Å². The molecule has 2 rings (SSSR count). The van der Waals surface area contributed by atoms with Crippen LogP contribution < -0.4 is 15.8 Å². The van der Waals surface area contributed by atoms with E-state index in [0.29, 0.717) is 5.75 Å². The zero-order chi connectivity index (χ0) is 16.8. The summed E-state index contributed by atoms with van der Waals surface area (Å²) in [6, 6.07) is 12.7. The van der Waals surface area contributed by atoms with Crippen molar-refractivity contribution >= 4 is 17.6 Å². The van der Waals surface area contributed by atoms with Crippen LogP contribution in [0.3, 0.4) is 0 Å². The number of amides is 1. The van der Waals surface area contributed by atoms with Crippen molar-refractivity contribution in [2.75, 3.05) is 12.8 Å². The first-order chi connectivity index (χ1) is 11.0. The number of nitrogens with one attached hydrogen (secondary N) is 1. The number of nitrogens with two attached hydrogens (primary N) is 1. The van der Waals surface area contributed by atoms with Crippen LogP contribution in [0, 0.1) is 0 Å². The van der Waals surface area contributed by atoms with E-state index in [1.807, 2.05) is 30.3 Å². The normalized spacial score (nSPS) is 11.5. The monoisotopic (exact) mass is 314 g/mol. The summed E-state index contributed by atoms with van der Waals surface area (Å²) >= 11 is 0. The Balaban J connectivity index is 2.13. The van der Waals surface area contributed by atoms with Gasteiger partial charge in [-0.3, -0.25) is 4.79 Å². The molecule has 0 fully saturated rings. The van der Waals surface area contributed by atoms with Crippen LogP contribution in [0.4, 0.5) is 5.69 Å². The van der Waals surface area contributed by atoms with Crippen LogP contribution >= 0.6 is 0 Å². The van der Waals surface area contributed by atoms with E-state index in [2.05, 4.69) is 5.32 Å². The third kappa shape index (κ3) is 4.23. The number of carbonyl (C=O) groups excluding carboxylic acids is 1. The number of hydrogen-bond acceptors (Lipinski definition) is 4. The molecule has 1 amide bonds. The lowest BCUT2D eigenvalue weighted by Crippen LogP contribution is -2.42. The first-order valence-corrected chi connectivity index (χ1v) is 7.02. The smallest absolute Gasteiger partial charge is 0.326 e. The van der Waals surface area contributed by atoms with Gasteiger partial charge in [-0.2, -0.15) is 0 Å². The van der Waals surface area contributed by atoms with Crippen molar-refractivity contribution < 1.29 is 19.4 Å². The fourth-order valence-electron chi connectivity index (χ4n) is 2.16. The van der Waals surface area contributed by atoms with Crippen LogP contribution in [0.5, 0.6) is 5.75 Å². The average molecular weight is 314 g/mol. The molecule has 0 spiro atoms. The molecule has 1 unspecified atom stereocenters. The fourth-order valence-corrected chi connectivity index (χ4v) is 2.16. The first kappa shape index (κ1) is 16.4. The quantitative estimate of drug-likeness (QED) is 0.704. The summed E-state index contributed by atoms with van der Waals surface area (Å²) in [6.07, 6.45) is 0.192. The van der Waals surface area contributed by atoms with E-state index in [0.717, 1.165) is 5.56 Å². The maximum Gasteiger partial charge on any atom is 0.326 e. The number of carboxylic acid groups (broad SMARTS) is 1. The lowest BCUT2D eigenvalue weighted by atomic mass is 10.1. The fraction of sp³-hybridized carbons (Fsp3) is 0.176. The lowest BCUT2D eigenvalue weighted by molar-refractivity contribution is -0.139. The van der Waals surface area contributed by atoms with Gasteiger partial charge in [-0.15, -0.1) is 0 Å². The van der Waals surface area contributed by atoms with Crippen LogP contribution in [0.1, 0.15) is 15.9 Å². The van der Waals surface area contributed by atoms with E-state index < -0.39 is 17.9 Å². The number of rotatable bonds is 6. The van der Waals surface area contributed by atoms with Gasteiger partial charge in [0.05, 0.1) is 12.7 Å². The number of aliphatic carboxylic acids is 1. The number of nitrogen functional groups attached to an aromatic ring is 1. The summed E-state index contributed by atoms with van der Waals surface area (Å²) < 4.78 is 5.02. The summed E-state index contributed by atoms with van der Waals surface area (Å²) in [5, 5.41) is 11.8. The number of anilines is 1. The molecular weight excluding hydrogens is 296 g/mol. The maximum atomic E-state index is 12.3. The molecule has 0 aliphatic rings. The summed E-state index contributed by atoms with van der Waals surface area (Å²) in [6.45, 7) is 0. The van der Waals surface area contributed by atoms with E-state index in [4.69, 9.17) is 10.5 Å². The predicted molar refractivity (Wildman–Crippen MR) is 86.4 cm³/mol. The van der Waals surface area contributed by atoms with Gasteiger partial charge in [-0.05, 0) is 17.7 Å². The molecule has 120 valence electrons. The number of carboxylic acids is 1. The Hall–Kier alpha value is -3.02. The third-order valence-electron chi connectivity index (χ3n) is 3.39. The molecule has 0 radical (unpaired) electrons. The van der Waals surface area contributed by atoms with Crippen LogP contribution in [0.15, 0.2) is 48.5 Å². The Morgan fingerprint density at radius 2 is 1.91 bits per heavy atom. The SMILES string of the molecule is COc1ccc(C(=O)NC(Cc2ccccc2)C(=O)O)c(N)c1. The molecule has 0 aliphatic carbocycles. The van der Waals surface area contributed by atoms with Gasteiger partial charge in [0.25, 0.3) is 5.91 Å². The van der Waals surface area contributed by atoms with Crippen molar-refractivity contribution in [2.24, 2.45) is 0 Å². The maximum absolute atomic E-state index is 12.3. The van der Waals surface area contributed by atoms with E-state index in [-0.39, 0.29) is 17.7 Å². The van der Waals surface area contributed by atoms with Crippen molar-refractivity contribution in [3.05, 3.63) is 59.7 Å². The summed E-state index contributed by atoms with van der Waals surface area (Å²) in [4.78, 5) is 23.7. The number of carbonyl (C=O) groups is 2. The molecule has 6 nitrogen and oxygen atoms in total. The Bertz CT molecular complexity index is 701. The van der Waals surface area contributed by atoms with Gasteiger partial charge in [-0.25, -0.2) is 4.79 Å². The van der Waals surface area contributed by atoms with Gasteiger partial charge in [0.15, 0.2) is 0 Å². The number of benzene rings is 2. The minimum Gasteiger partial charge on any atom is -0.497 e. The van der Waals surface area contributed by atoms with E-state index in [9.17, 15) is 14.7 Å². The molecule has 0 aliphatic heterocycles. The molecule has 1 atom stereocenters. The summed E-state index contributed by atoms with van der Waals surface area (Å²) in [5.74, 6) is -1.11. The van der Waals surface area contributed by atoms with Gasteiger partial charge < -0.3 is 20.9 Å². The Labute approximate surface area is 133 Å². The van der Waals surface area contributed by atoms with Gasteiger partial charge >= 0.3 is 5.97 Å². The second-order valence-corrected chi connectivity index (χ2v) is 5.01. The highest BCUT2D eigenvalue weighted by Gasteiger charge is 2.22. The van der Waals surface area contributed by atoms with E-state index in [1.165, 1.54) is 19.2 Å². The summed E-state index contributed by atoms with van der Waals surface area (Å²) in [5.41, 5.74) is 7.08. The Morgan fingerprint density at radius 1 is 1.22 bits per heavy atom. The van der Waals surface area contributed by atoms with Crippen LogP contribution in [-0.2, 0) is 11.2 Å². The highest BCUT2D eigenvalue weighted by atomic mass is 16.5. The zero-order valence-electron chi connectivity index (χ0n) is 12.7. The van der Waals surface area contributed by atoms with Crippen molar-refractivity contribution in [3.63, 3.8) is 0 Å². The number of ether oxygens (including phenoxy) is 1. The standard InChI is InChI=1S/C17H18N2O4/c1-23-12-7-8-13(14(18)10-12)16(20)19-15(17(21)22)9-11-5-3-2-4-6-11/h2-8,10,15H,9,18H2,1H3,(H,19,20)(H,21,22).